The van der Waals surface area contributed by atoms with E-state index in [0.717, 1.165) is 52.1 Å². The van der Waals surface area contributed by atoms with Gasteiger partial charge < -0.3 is 15.0 Å². The van der Waals surface area contributed by atoms with Gasteiger partial charge in [-0.15, -0.1) is 0 Å². The van der Waals surface area contributed by atoms with E-state index in [2.05, 4.69) is 10.2 Å². The summed E-state index contributed by atoms with van der Waals surface area (Å²) in [6, 6.07) is 4.84. The summed E-state index contributed by atoms with van der Waals surface area (Å²) in [4.78, 5) is 14.7. The predicted octanol–water partition coefficient (Wildman–Crippen LogP) is 2.36. The van der Waals surface area contributed by atoms with Gasteiger partial charge in [0.1, 0.15) is 5.82 Å². The van der Waals surface area contributed by atoms with Gasteiger partial charge in [-0.25, -0.2) is 4.39 Å². The van der Waals surface area contributed by atoms with Crippen molar-refractivity contribution in [2.75, 3.05) is 32.8 Å². The van der Waals surface area contributed by atoms with E-state index in [0.29, 0.717) is 17.0 Å². The van der Waals surface area contributed by atoms with E-state index in [1.165, 1.54) is 6.07 Å². The molecule has 2 fully saturated rings. The highest BCUT2D eigenvalue weighted by atomic mass is 19.1. The van der Waals surface area contributed by atoms with Gasteiger partial charge in [0.25, 0.3) is 5.91 Å². The lowest BCUT2D eigenvalue weighted by Crippen LogP contribution is -2.45. The molecule has 2 aliphatic rings. The van der Waals surface area contributed by atoms with Crippen LogP contribution in [0.1, 0.15) is 35.2 Å². The van der Waals surface area contributed by atoms with Gasteiger partial charge in [0.15, 0.2) is 0 Å². The normalized spacial score (nSPS) is 23.1. The van der Waals surface area contributed by atoms with Crippen molar-refractivity contribution < 1.29 is 13.9 Å². The summed E-state index contributed by atoms with van der Waals surface area (Å²) in [7, 11) is 0. The Bertz CT molecular complexity index is 550. The standard InChI is InChI=1S/C18H25FN2O2/c1-13-2-3-15(10-17(13)19)18(22)20-16-4-7-21(8-5-16)11-14-6-9-23-12-14/h2-3,10,14,16H,4-9,11-12H2,1H3,(H,20,22). The van der Waals surface area contributed by atoms with Crippen molar-refractivity contribution in [2.24, 2.45) is 5.92 Å². The number of aryl methyl sites for hydroxylation is 1. The van der Waals surface area contributed by atoms with Crippen LogP contribution in [0.25, 0.3) is 0 Å². The van der Waals surface area contributed by atoms with Gasteiger partial charge in [-0.05, 0) is 49.8 Å². The molecule has 0 bridgehead atoms. The van der Waals surface area contributed by atoms with Gasteiger partial charge in [-0.2, -0.15) is 0 Å². The summed E-state index contributed by atoms with van der Waals surface area (Å²) >= 11 is 0. The topological polar surface area (TPSA) is 41.6 Å². The molecule has 2 saturated heterocycles. The van der Waals surface area contributed by atoms with Crippen LogP contribution in [0, 0.1) is 18.7 Å². The van der Waals surface area contributed by atoms with Gasteiger partial charge in [-0.3, -0.25) is 4.79 Å². The molecule has 126 valence electrons. The molecule has 1 aromatic rings. The van der Waals surface area contributed by atoms with E-state index in [9.17, 15) is 9.18 Å². The van der Waals surface area contributed by atoms with E-state index >= 15 is 0 Å². The number of amides is 1. The Hall–Kier alpha value is -1.46. The smallest absolute Gasteiger partial charge is 0.251 e. The maximum absolute atomic E-state index is 13.6. The number of piperidine rings is 1. The number of likely N-dealkylation sites (tertiary alicyclic amines) is 1. The number of ether oxygens (including phenoxy) is 1. The highest BCUT2D eigenvalue weighted by Gasteiger charge is 2.24. The molecular formula is C18H25FN2O2. The number of hydrogen-bond acceptors (Lipinski definition) is 3. The first-order chi connectivity index (χ1) is 11.1. The zero-order valence-corrected chi connectivity index (χ0v) is 13.7. The monoisotopic (exact) mass is 320 g/mol. The second-order valence-electron chi connectivity index (χ2n) is 6.74. The lowest BCUT2D eigenvalue weighted by atomic mass is 10.0. The molecule has 2 aliphatic heterocycles. The van der Waals surface area contributed by atoms with Crippen molar-refractivity contribution in [3.8, 4) is 0 Å². The molecule has 1 N–H and O–H groups in total. The lowest BCUT2D eigenvalue weighted by Gasteiger charge is -2.33. The molecule has 0 spiro atoms. The summed E-state index contributed by atoms with van der Waals surface area (Å²) < 4.78 is 19.0. The Labute approximate surface area is 137 Å². The van der Waals surface area contributed by atoms with Gasteiger partial charge >= 0.3 is 0 Å². The minimum atomic E-state index is -0.328. The molecule has 23 heavy (non-hydrogen) atoms. The Morgan fingerprint density at radius 2 is 2.13 bits per heavy atom. The third-order valence-electron chi connectivity index (χ3n) is 4.90. The van der Waals surface area contributed by atoms with Crippen molar-refractivity contribution >= 4 is 5.91 Å². The highest BCUT2D eigenvalue weighted by Crippen LogP contribution is 2.18. The third kappa shape index (κ3) is 4.30. The Kier molecular flexibility index (Phi) is 5.28. The number of rotatable bonds is 4. The number of carbonyl (C=O) groups is 1. The van der Waals surface area contributed by atoms with Crippen LogP contribution in [-0.4, -0.2) is 49.7 Å². The summed E-state index contributed by atoms with van der Waals surface area (Å²) in [6.07, 6.45) is 3.07. The number of nitrogens with zero attached hydrogens (tertiary/aromatic N) is 1. The van der Waals surface area contributed by atoms with Crippen LogP contribution >= 0.6 is 0 Å². The first-order valence-corrected chi connectivity index (χ1v) is 8.49. The lowest BCUT2D eigenvalue weighted by molar-refractivity contribution is 0.0903. The van der Waals surface area contributed by atoms with E-state index in [4.69, 9.17) is 4.74 Å². The van der Waals surface area contributed by atoms with E-state index in [-0.39, 0.29) is 17.8 Å². The molecule has 1 atom stereocenters. The predicted molar refractivity (Wildman–Crippen MR) is 87.0 cm³/mol. The first-order valence-electron chi connectivity index (χ1n) is 8.49. The van der Waals surface area contributed by atoms with E-state index in [1.807, 2.05) is 0 Å². The second-order valence-corrected chi connectivity index (χ2v) is 6.74. The Balaban J connectivity index is 1.46. The Morgan fingerprint density at radius 1 is 1.35 bits per heavy atom. The number of nitrogens with one attached hydrogen (secondary N) is 1. The fraction of sp³-hybridized carbons (Fsp3) is 0.611. The van der Waals surface area contributed by atoms with Gasteiger partial charge in [-0.1, -0.05) is 6.07 Å². The first kappa shape index (κ1) is 16.4. The number of halogens is 1. The van der Waals surface area contributed by atoms with E-state index in [1.54, 1.807) is 19.1 Å². The molecular weight excluding hydrogens is 295 g/mol. The van der Waals surface area contributed by atoms with Crippen LogP contribution in [-0.2, 0) is 4.74 Å². The van der Waals surface area contributed by atoms with Gasteiger partial charge in [0, 0.05) is 37.8 Å². The summed E-state index contributed by atoms with van der Waals surface area (Å²) in [5, 5.41) is 3.04. The highest BCUT2D eigenvalue weighted by molar-refractivity contribution is 5.94. The van der Waals surface area contributed by atoms with Crippen LogP contribution in [0.3, 0.4) is 0 Å². The fourth-order valence-electron chi connectivity index (χ4n) is 3.36. The minimum absolute atomic E-state index is 0.174. The summed E-state index contributed by atoms with van der Waals surface area (Å²) in [6.45, 7) is 6.58. The third-order valence-corrected chi connectivity index (χ3v) is 4.90. The molecule has 1 aromatic carbocycles. The van der Waals surface area contributed by atoms with Crippen molar-refractivity contribution in [3.63, 3.8) is 0 Å². The molecule has 0 aromatic heterocycles. The van der Waals surface area contributed by atoms with Crippen LogP contribution < -0.4 is 5.32 Å². The van der Waals surface area contributed by atoms with Gasteiger partial charge in [0.2, 0.25) is 0 Å². The maximum Gasteiger partial charge on any atom is 0.251 e. The van der Waals surface area contributed by atoms with Crippen LogP contribution in [0.15, 0.2) is 18.2 Å². The van der Waals surface area contributed by atoms with Crippen molar-refractivity contribution in [1.82, 2.24) is 10.2 Å². The number of carbonyl (C=O) groups excluding carboxylic acids is 1. The van der Waals surface area contributed by atoms with Crippen LogP contribution in [0.2, 0.25) is 0 Å². The average molecular weight is 320 g/mol. The molecule has 1 unspecified atom stereocenters. The fourth-order valence-corrected chi connectivity index (χ4v) is 3.36. The minimum Gasteiger partial charge on any atom is -0.381 e. The Morgan fingerprint density at radius 3 is 2.78 bits per heavy atom. The zero-order valence-electron chi connectivity index (χ0n) is 13.7. The molecule has 0 aliphatic carbocycles. The average Bonchev–Trinajstić information content (AvgIpc) is 3.05. The summed E-state index contributed by atoms with van der Waals surface area (Å²) in [5.74, 6) is 0.162. The largest absolute Gasteiger partial charge is 0.381 e. The zero-order chi connectivity index (χ0) is 16.2. The van der Waals surface area contributed by atoms with Crippen LogP contribution in [0.4, 0.5) is 4.39 Å². The second kappa shape index (κ2) is 7.41. The number of benzene rings is 1. The quantitative estimate of drug-likeness (QED) is 0.926. The molecule has 4 nitrogen and oxygen atoms in total. The van der Waals surface area contributed by atoms with Crippen LogP contribution in [0.5, 0.6) is 0 Å². The van der Waals surface area contributed by atoms with Crippen molar-refractivity contribution in [1.29, 1.82) is 0 Å². The molecule has 5 heteroatoms. The maximum atomic E-state index is 13.6. The van der Waals surface area contributed by atoms with Gasteiger partial charge in [0.05, 0.1) is 6.61 Å². The molecule has 2 heterocycles. The van der Waals surface area contributed by atoms with E-state index < -0.39 is 0 Å². The molecule has 3 rings (SSSR count). The molecule has 0 saturated carbocycles. The molecule has 1 amide bonds. The SMILES string of the molecule is Cc1ccc(C(=O)NC2CCN(CC3CCOC3)CC2)cc1F. The number of hydrogen-bond donors (Lipinski definition) is 1. The van der Waals surface area contributed by atoms with Crippen molar-refractivity contribution in [3.05, 3.63) is 35.1 Å². The van der Waals surface area contributed by atoms with Crippen molar-refractivity contribution in [2.45, 2.75) is 32.2 Å². The molecule has 0 radical (unpaired) electrons. The summed E-state index contributed by atoms with van der Waals surface area (Å²) in [5.41, 5.74) is 0.962.